The molecular formula is C33H45N5O4. The Kier molecular flexibility index (Phi) is 14.0. The van der Waals surface area contributed by atoms with Gasteiger partial charge in [-0.15, -0.1) is 0 Å². The second-order valence-corrected chi connectivity index (χ2v) is 10.1. The monoisotopic (exact) mass is 575 g/mol. The lowest BCUT2D eigenvalue weighted by Gasteiger charge is -2.19. The van der Waals surface area contributed by atoms with E-state index in [-0.39, 0.29) is 23.1 Å². The lowest BCUT2D eigenvalue weighted by molar-refractivity contribution is 0.100. The summed E-state index contributed by atoms with van der Waals surface area (Å²) in [4.78, 5) is 48.8. The molecule has 0 saturated carbocycles. The lowest BCUT2D eigenvalue weighted by atomic mass is 10.0. The van der Waals surface area contributed by atoms with Crippen molar-refractivity contribution in [3.8, 4) is 0 Å². The zero-order valence-electron chi connectivity index (χ0n) is 26.7. The van der Waals surface area contributed by atoms with Gasteiger partial charge in [-0.1, -0.05) is 0 Å². The largest absolute Gasteiger partial charge is 0.388 e. The standard InChI is InChI=1S/C12H18N2O.C11H13NO2.C10H14N2O/c1-9(15)10-6-11(13(2)3)8-12(7-10)14(4)5;1-7(13)9-4-10(8(2)14)6-11(5-9)12-3;1-7(13)8-4-9(11-2)6-10(5-8)12-3/h6-8H,1-5H3;4-6,12H,1-3H3;4-6,11-12H,1-3H3. The van der Waals surface area contributed by atoms with Gasteiger partial charge < -0.3 is 25.8 Å². The summed E-state index contributed by atoms with van der Waals surface area (Å²) in [6.07, 6.45) is 0. The van der Waals surface area contributed by atoms with Crippen LogP contribution in [0, 0.1) is 0 Å². The van der Waals surface area contributed by atoms with Crippen LogP contribution in [0.2, 0.25) is 0 Å². The maximum Gasteiger partial charge on any atom is 0.159 e. The Hall–Kier alpha value is -4.66. The van der Waals surface area contributed by atoms with Crippen LogP contribution in [0.3, 0.4) is 0 Å². The van der Waals surface area contributed by atoms with E-state index in [2.05, 4.69) is 22.0 Å². The fourth-order valence-corrected chi connectivity index (χ4v) is 3.61. The number of carbonyl (C=O) groups excluding carboxylic acids is 4. The van der Waals surface area contributed by atoms with Crippen LogP contribution >= 0.6 is 0 Å². The van der Waals surface area contributed by atoms with Crippen molar-refractivity contribution < 1.29 is 19.2 Å². The number of hydrogen-bond donors (Lipinski definition) is 3. The van der Waals surface area contributed by atoms with Gasteiger partial charge in [0.05, 0.1) is 0 Å². The van der Waals surface area contributed by atoms with Crippen LogP contribution in [-0.2, 0) is 0 Å². The Labute approximate surface area is 250 Å². The molecule has 3 N–H and O–H groups in total. The Morgan fingerprint density at radius 3 is 0.952 bits per heavy atom. The topological polar surface area (TPSA) is 111 Å². The van der Waals surface area contributed by atoms with E-state index in [0.29, 0.717) is 11.1 Å². The van der Waals surface area contributed by atoms with Crippen LogP contribution in [0.1, 0.15) is 69.1 Å². The van der Waals surface area contributed by atoms with Gasteiger partial charge in [0, 0.05) is 100 Å². The lowest BCUT2D eigenvalue weighted by Crippen LogP contribution is -2.13. The van der Waals surface area contributed by atoms with E-state index in [9.17, 15) is 19.2 Å². The fourth-order valence-electron chi connectivity index (χ4n) is 3.61. The van der Waals surface area contributed by atoms with Gasteiger partial charge in [-0.2, -0.15) is 0 Å². The van der Waals surface area contributed by atoms with Gasteiger partial charge in [0.15, 0.2) is 23.1 Å². The predicted octanol–water partition coefficient (Wildman–Crippen LogP) is 6.13. The highest BCUT2D eigenvalue weighted by Gasteiger charge is 2.08. The molecular weight excluding hydrogens is 530 g/mol. The average Bonchev–Trinajstić information content (AvgIpc) is 2.96. The molecule has 9 nitrogen and oxygen atoms in total. The third-order valence-electron chi connectivity index (χ3n) is 6.29. The first kappa shape index (κ1) is 35.4. The first-order valence-electron chi connectivity index (χ1n) is 13.5. The number of hydrogen-bond acceptors (Lipinski definition) is 9. The summed E-state index contributed by atoms with van der Waals surface area (Å²) < 4.78 is 0. The van der Waals surface area contributed by atoms with Crippen LogP contribution in [-0.4, -0.2) is 72.5 Å². The average molecular weight is 576 g/mol. The second kappa shape index (κ2) is 16.6. The molecule has 0 unspecified atom stereocenters. The van der Waals surface area contributed by atoms with Gasteiger partial charge in [-0.25, -0.2) is 0 Å². The van der Waals surface area contributed by atoms with E-state index >= 15 is 0 Å². The molecule has 0 amide bonds. The highest BCUT2D eigenvalue weighted by atomic mass is 16.1. The molecule has 0 aliphatic heterocycles. The number of ketones is 4. The number of benzene rings is 3. The maximum atomic E-state index is 11.4. The third-order valence-corrected chi connectivity index (χ3v) is 6.29. The molecule has 3 aromatic rings. The minimum atomic E-state index is -0.0374. The number of Topliss-reactive ketones (excluding diaryl/α,β-unsaturated/α-hetero) is 4. The number of anilines is 5. The summed E-state index contributed by atoms with van der Waals surface area (Å²) in [6.45, 7) is 6.12. The summed E-state index contributed by atoms with van der Waals surface area (Å²) in [5.74, 6) is 0.101. The smallest absolute Gasteiger partial charge is 0.159 e. The van der Waals surface area contributed by atoms with Gasteiger partial charge >= 0.3 is 0 Å². The molecule has 0 aromatic heterocycles. The minimum Gasteiger partial charge on any atom is -0.388 e. The Bertz CT molecular complexity index is 1330. The van der Waals surface area contributed by atoms with Crippen LogP contribution in [0.25, 0.3) is 0 Å². The maximum absolute atomic E-state index is 11.4. The molecule has 226 valence electrons. The molecule has 0 radical (unpaired) electrons. The number of rotatable bonds is 9. The summed E-state index contributed by atoms with van der Waals surface area (Å²) in [5, 5.41) is 8.92. The first-order valence-corrected chi connectivity index (χ1v) is 13.5. The van der Waals surface area contributed by atoms with Crippen LogP contribution in [0.4, 0.5) is 28.4 Å². The van der Waals surface area contributed by atoms with Crippen molar-refractivity contribution in [1.82, 2.24) is 0 Å². The molecule has 0 saturated heterocycles. The Balaban J connectivity index is 0.000000316. The molecule has 3 aromatic carbocycles. The number of nitrogens with zero attached hydrogens (tertiary/aromatic N) is 2. The number of carbonyl (C=O) groups is 4. The summed E-state index contributed by atoms with van der Waals surface area (Å²) >= 11 is 0. The van der Waals surface area contributed by atoms with E-state index < -0.39 is 0 Å². The third kappa shape index (κ3) is 11.1. The highest BCUT2D eigenvalue weighted by Crippen LogP contribution is 2.23. The molecule has 9 heteroatoms. The summed E-state index contributed by atoms with van der Waals surface area (Å²) in [7, 11) is 13.3. The van der Waals surface area contributed by atoms with E-state index in [0.717, 1.165) is 39.6 Å². The van der Waals surface area contributed by atoms with Crippen molar-refractivity contribution in [1.29, 1.82) is 0 Å². The zero-order valence-corrected chi connectivity index (χ0v) is 26.7. The van der Waals surface area contributed by atoms with Crippen molar-refractivity contribution in [3.63, 3.8) is 0 Å². The van der Waals surface area contributed by atoms with Crippen LogP contribution < -0.4 is 25.8 Å². The first-order chi connectivity index (χ1) is 19.6. The van der Waals surface area contributed by atoms with Gasteiger partial charge in [-0.05, 0) is 82.3 Å². The van der Waals surface area contributed by atoms with Crippen LogP contribution in [0.15, 0.2) is 54.6 Å². The van der Waals surface area contributed by atoms with Gasteiger partial charge in [0.25, 0.3) is 0 Å². The normalized spacial score (nSPS) is 9.69. The highest BCUT2D eigenvalue weighted by molar-refractivity contribution is 6.01. The van der Waals surface area contributed by atoms with Crippen molar-refractivity contribution >= 4 is 51.6 Å². The van der Waals surface area contributed by atoms with E-state index in [1.165, 1.54) is 13.8 Å². The minimum absolute atomic E-state index is 0.0374. The molecule has 0 heterocycles. The molecule has 0 fully saturated rings. The molecule has 42 heavy (non-hydrogen) atoms. The number of nitrogens with one attached hydrogen (secondary N) is 3. The SMILES string of the molecule is CC(=O)c1cc(N(C)C)cc(N(C)C)c1.CNc1cc(C(C)=O)cc(C(C)=O)c1.CNc1cc(NC)cc(C(C)=O)c1. The van der Waals surface area contributed by atoms with Gasteiger partial charge in [-0.3, -0.25) is 19.2 Å². The molecule has 0 aliphatic carbocycles. The van der Waals surface area contributed by atoms with Crippen molar-refractivity contribution in [2.45, 2.75) is 27.7 Å². The fraction of sp³-hybridized carbons (Fsp3) is 0.333. The molecule has 0 atom stereocenters. The Morgan fingerprint density at radius 2 is 0.690 bits per heavy atom. The van der Waals surface area contributed by atoms with Crippen molar-refractivity contribution in [3.05, 3.63) is 76.9 Å². The van der Waals surface area contributed by atoms with E-state index in [1.54, 1.807) is 39.1 Å². The Morgan fingerprint density at radius 1 is 0.429 bits per heavy atom. The summed E-state index contributed by atoms with van der Waals surface area (Å²) in [5.41, 5.74) is 7.35. The molecule has 0 spiro atoms. The predicted molar refractivity (Wildman–Crippen MR) is 177 cm³/mol. The van der Waals surface area contributed by atoms with E-state index in [1.807, 2.05) is 82.4 Å². The molecule has 0 bridgehead atoms. The molecule has 3 rings (SSSR count). The van der Waals surface area contributed by atoms with Crippen molar-refractivity contribution in [2.24, 2.45) is 0 Å². The quantitative estimate of drug-likeness (QED) is 0.260. The van der Waals surface area contributed by atoms with Crippen LogP contribution in [0.5, 0.6) is 0 Å². The zero-order chi connectivity index (χ0) is 32.1. The molecule has 0 aliphatic rings. The van der Waals surface area contributed by atoms with E-state index in [4.69, 9.17) is 0 Å². The van der Waals surface area contributed by atoms with Crippen molar-refractivity contribution in [2.75, 3.05) is 75.1 Å². The van der Waals surface area contributed by atoms with Gasteiger partial charge in [0.1, 0.15) is 0 Å². The second-order valence-electron chi connectivity index (χ2n) is 10.1. The van der Waals surface area contributed by atoms with Gasteiger partial charge in [0.2, 0.25) is 0 Å². The summed E-state index contributed by atoms with van der Waals surface area (Å²) in [6, 6.07) is 16.6.